The number of H-pyrrole nitrogens is 1. The van der Waals surface area contributed by atoms with Crippen LogP contribution in [-0.2, 0) is 17.7 Å². The van der Waals surface area contributed by atoms with Crippen molar-refractivity contribution in [2.24, 2.45) is 0 Å². The summed E-state index contributed by atoms with van der Waals surface area (Å²) in [5.74, 6) is 0.474. The highest BCUT2D eigenvalue weighted by Gasteiger charge is 2.28. The van der Waals surface area contributed by atoms with Gasteiger partial charge in [-0.1, -0.05) is 25.3 Å². The van der Waals surface area contributed by atoms with Gasteiger partial charge in [-0.05, 0) is 44.5 Å². The van der Waals surface area contributed by atoms with Gasteiger partial charge in [0, 0.05) is 45.3 Å². The highest BCUT2D eigenvalue weighted by molar-refractivity contribution is 5.92. The maximum atomic E-state index is 12.2. The fourth-order valence-electron chi connectivity index (χ4n) is 3.79. The minimum atomic E-state index is -4.33. The Hall–Kier alpha value is -3.61. The van der Waals surface area contributed by atoms with E-state index >= 15 is 0 Å². The number of hydrogen-bond acceptors (Lipinski definition) is 5. The lowest BCUT2D eigenvalue weighted by atomic mass is 10.2. The first-order valence-electron chi connectivity index (χ1n) is 13.4. The Labute approximate surface area is 231 Å². The van der Waals surface area contributed by atoms with Crippen molar-refractivity contribution in [3.8, 4) is 0 Å². The van der Waals surface area contributed by atoms with Crippen LogP contribution in [0.5, 0.6) is 0 Å². The molecule has 1 aromatic carbocycles. The van der Waals surface area contributed by atoms with E-state index in [0.717, 1.165) is 16.6 Å². The number of fused-ring (bicyclic) bond motifs is 1. The lowest BCUT2D eigenvalue weighted by molar-refractivity contribution is -0.183. The molecule has 1 aliphatic carbocycles. The zero-order valence-corrected chi connectivity index (χ0v) is 23.3. The molecule has 0 bridgehead atoms. The number of rotatable bonds is 8. The summed E-state index contributed by atoms with van der Waals surface area (Å²) in [6, 6.07) is 7.47. The second-order valence-corrected chi connectivity index (χ2v) is 10.0. The first kappa shape index (κ1) is 30.9. The molecule has 2 aliphatic rings. The molecule has 3 N–H and O–H groups in total. The van der Waals surface area contributed by atoms with E-state index in [0.29, 0.717) is 31.2 Å². The minimum Gasteiger partial charge on any atom is -0.369 e. The van der Waals surface area contributed by atoms with E-state index in [4.69, 9.17) is 4.74 Å². The van der Waals surface area contributed by atoms with E-state index in [-0.39, 0.29) is 24.4 Å². The number of alkyl halides is 3. The van der Waals surface area contributed by atoms with Crippen LogP contribution in [0.25, 0.3) is 11.0 Å². The third-order valence-corrected chi connectivity index (χ3v) is 5.90. The number of amides is 3. The van der Waals surface area contributed by atoms with Gasteiger partial charge in [-0.15, -0.1) is 0 Å². The Morgan fingerprint density at radius 2 is 1.90 bits per heavy atom. The number of nitrogens with one attached hydrogen (secondary N) is 3. The molecule has 13 heteroatoms. The summed E-state index contributed by atoms with van der Waals surface area (Å²) in [5, 5.41) is 9.35. The molecule has 10 nitrogen and oxygen atoms in total. The van der Waals surface area contributed by atoms with Gasteiger partial charge in [-0.3, -0.25) is 9.48 Å². The Morgan fingerprint density at radius 3 is 2.48 bits per heavy atom. The van der Waals surface area contributed by atoms with Crippen LogP contribution in [-0.4, -0.2) is 75.6 Å². The van der Waals surface area contributed by atoms with E-state index in [1.54, 1.807) is 35.8 Å². The van der Waals surface area contributed by atoms with Crippen molar-refractivity contribution in [1.29, 1.82) is 0 Å². The van der Waals surface area contributed by atoms with Crippen molar-refractivity contribution in [3.05, 3.63) is 47.5 Å². The number of carbonyl (C=O) groups excluding carboxylic acids is 2. The molecule has 3 heterocycles. The number of nitrogens with zero attached hydrogens (tertiary/aromatic N) is 4. The average molecular weight is 566 g/mol. The zero-order valence-electron chi connectivity index (χ0n) is 23.3. The number of benzene rings is 1. The van der Waals surface area contributed by atoms with E-state index in [1.165, 1.54) is 19.3 Å². The predicted molar refractivity (Wildman–Crippen MR) is 145 cm³/mol. The monoisotopic (exact) mass is 565 g/mol. The zero-order chi connectivity index (χ0) is 29.3. The lowest BCUT2D eigenvalue weighted by Gasteiger charge is -2.13. The number of halogens is 3. The van der Waals surface area contributed by atoms with Gasteiger partial charge in [0.15, 0.2) is 0 Å². The van der Waals surface area contributed by atoms with Crippen molar-refractivity contribution < 1.29 is 27.5 Å². The Balaban J connectivity index is 0.000000243. The van der Waals surface area contributed by atoms with Gasteiger partial charge in [0.2, 0.25) is 0 Å². The first-order chi connectivity index (χ1) is 19.0. The largest absolute Gasteiger partial charge is 0.411 e. The van der Waals surface area contributed by atoms with Crippen molar-refractivity contribution in [3.63, 3.8) is 0 Å². The number of hydrogen-bond donors (Lipinski definition) is 3. The smallest absolute Gasteiger partial charge is 0.369 e. The number of aromatic amines is 1. The molecule has 1 saturated heterocycles. The molecule has 2 fully saturated rings. The molecular weight excluding hydrogens is 527 g/mol. The van der Waals surface area contributed by atoms with Gasteiger partial charge in [0.25, 0.3) is 5.91 Å². The van der Waals surface area contributed by atoms with Gasteiger partial charge in [-0.2, -0.15) is 18.3 Å². The molecule has 5 rings (SSSR count). The van der Waals surface area contributed by atoms with E-state index in [1.807, 2.05) is 32.0 Å². The van der Waals surface area contributed by atoms with Crippen LogP contribution in [0, 0.1) is 0 Å². The molecular formula is C27H38F3N7O3. The molecule has 2 aromatic heterocycles. The van der Waals surface area contributed by atoms with Crippen LogP contribution >= 0.6 is 0 Å². The first-order valence-corrected chi connectivity index (χ1v) is 13.4. The van der Waals surface area contributed by atoms with Crippen LogP contribution in [0.15, 0.2) is 30.5 Å². The predicted octanol–water partition coefficient (Wildman–Crippen LogP) is 4.59. The van der Waals surface area contributed by atoms with Gasteiger partial charge < -0.3 is 25.3 Å². The summed E-state index contributed by atoms with van der Waals surface area (Å²) in [4.78, 5) is 32.0. The lowest BCUT2D eigenvalue weighted by Crippen LogP contribution is -2.27. The number of aromatic nitrogens is 4. The fraction of sp³-hybridized carbons (Fsp3) is 0.556. The second-order valence-electron chi connectivity index (χ2n) is 10.0. The van der Waals surface area contributed by atoms with Crippen molar-refractivity contribution in [2.45, 2.75) is 71.3 Å². The standard InChI is InChI=1S/C16H19F3N4O2.C8H13N3O.C3H6/c1-10(25-9-16(17,18)19)6-14-21-12-3-2-11(7-13(12)22-14)8-23-5-4-20-15(23)24;1-6(2)11-7(4-5-10-11)8(12)9-3;1-2-3-1/h2-3,7,10H,4-6,8-9H2,1H3,(H,20,24)(H,21,22);4-6H,1-3H3,(H,9,12);1-3H2/t10-;;/m1../s1. The normalized spacial score (nSPS) is 15.2. The molecule has 0 spiro atoms. The number of ether oxygens (including phenoxy) is 1. The topological polar surface area (TPSA) is 117 Å². The van der Waals surface area contributed by atoms with Gasteiger partial charge in [-0.25, -0.2) is 9.78 Å². The van der Waals surface area contributed by atoms with Crippen LogP contribution in [0.3, 0.4) is 0 Å². The third-order valence-electron chi connectivity index (χ3n) is 5.90. The summed E-state index contributed by atoms with van der Waals surface area (Å²) >= 11 is 0. The molecule has 3 amide bonds. The maximum Gasteiger partial charge on any atom is 0.411 e. The quantitative estimate of drug-likeness (QED) is 0.369. The number of carbonyl (C=O) groups is 2. The fourth-order valence-corrected chi connectivity index (χ4v) is 3.79. The third kappa shape index (κ3) is 9.85. The molecule has 1 aliphatic heterocycles. The second kappa shape index (κ2) is 14.1. The highest BCUT2D eigenvalue weighted by Crippen LogP contribution is 2.19. The average Bonchev–Trinajstić information content (AvgIpc) is 3.44. The summed E-state index contributed by atoms with van der Waals surface area (Å²) in [6.07, 6.45) is 1.45. The van der Waals surface area contributed by atoms with E-state index in [9.17, 15) is 22.8 Å². The number of urea groups is 1. The van der Waals surface area contributed by atoms with Crippen molar-refractivity contribution in [1.82, 2.24) is 35.3 Å². The molecule has 3 aromatic rings. The van der Waals surface area contributed by atoms with Gasteiger partial charge >= 0.3 is 12.2 Å². The van der Waals surface area contributed by atoms with Crippen molar-refractivity contribution >= 4 is 23.0 Å². The SMILES string of the molecule is C1CC1.CNC(=O)c1ccnn1C(C)C.C[C@H](Cc1nc2ccc(CN3CCNC3=O)cc2[nH]1)OCC(F)(F)F. The Morgan fingerprint density at radius 1 is 1.18 bits per heavy atom. The Bertz CT molecular complexity index is 1250. The summed E-state index contributed by atoms with van der Waals surface area (Å²) in [7, 11) is 1.61. The minimum absolute atomic E-state index is 0.0824. The Kier molecular flexibility index (Phi) is 10.9. The van der Waals surface area contributed by atoms with E-state index < -0.39 is 18.9 Å². The van der Waals surface area contributed by atoms with Gasteiger partial charge in [0.05, 0.1) is 17.1 Å². The van der Waals surface area contributed by atoms with Crippen LogP contribution < -0.4 is 10.6 Å². The van der Waals surface area contributed by atoms with E-state index in [2.05, 4.69) is 25.7 Å². The van der Waals surface area contributed by atoms with Crippen LogP contribution in [0.2, 0.25) is 0 Å². The number of imidazole rings is 1. The maximum absolute atomic E-state index is 12.2. The molecule has 40 heavy (non-hydrogen) atoms. The summed E-state index contributed by atoms with van der Waals surface area (Å²) in [6.45, 7) is 6.09. The molecule has 220 valence electrons. The molecule has 1 atom stereocenters. The molecule has 0 unspecified atom stereocenters. The summed E-state index contributed by atoms with van der Waals surface area (Å²) in [5.41, 5.74) is 3.08. The van der Waals surface area contributed by atoms with Crippen molar-refractivity contribution in [2.75, 3.05) is 26.7 Å². The highest BCUT2D eigenvalue weighted by atomic mass is 19.4. The molecule has 0 radical (unpaired) electrons. The van der Waals surface area contributed by atoms with Crippen LogP contribution in [0.1, 0.15) is 68.0 Å². The van der Waals surface area contributed by atoms with Crippen LogP contribution in [0.4, 0.5) is 18.0 Å². The summed E-state index contributed by atoms with van der Waals surface area (Å²) < 4.78 is 43.0. The van der Waals surface area contributed by atoms with Gasteiger partial charge in [0.1, 0.15) is 18.1 Å². The molecule has 1 saturated carbocycles.